The highest BCUT2D eigenvalue weighted by Crippen LogP contribution is 2.13. The van der Waals surface area contributed by atoms with Crippen LogP contribution in [0.4, 0.5) is 0 Å². The van der Waals surface area contributed by atoms with Gasteiger partial charge in [0.15, 0.2) is 0 Å². The lowest BCUT2D eigenvalue weighted by Gasteiger charge is -2.00. The molecule has 20 heavy (non-hydrogen) atoms. The van der Waals surface area contributed by atoms with Crippen LogP contribution in [-0.4, -0.2) is 7.11 Å². The molecule has 0 aromatic heterocycles. The van der Waals surface area contributed by atoms with E-state index in [9.17, 15) is 0 Å². The molecule has 0 aliphatic carbocycles. The fourth-order valence-corrected chi connectivity index (χ4v) is 2.33. The van der Waals surface area contributed by atoms with Crippen molar-refractivity contribution in [2.45, 2.75) is 64.7 Å². The maximum absolute atomic E-state index is 5.15. The number of hydrogen-bond donors (Lipinski definition) is 0. The first-order valence-corrected chi connectivity index (χ1v) is 8.17. The molecule has 1 heteroatoms. The van der Waals surface area contributed by atoms with E-state index < -0.39 is 0 Å². The predicted octanol–water partition coefficient (Wildman–Crippen LogP) is 6.24. The third kappa shape index (κ3) is 8.04. The van der Waals surface area contributed by atoms with Gasteiger partial charge in [-0.15, -0.1) is 0 Å². The van der Waals surface area contributed by atoms with Crippen molar-refractivity contribution in [2.75, 3.05) is 7.11 Å². The molecule has 0 radical (unpaired) electrons. The molecule has 112 valence electrons. The van der Waals surface area contributed by atoms with Gasteiger partial charge in [-0.25, -0.2) is 0 Å². The summed E-state index contributed by atoms with van der Waals surface area (Å²) in [4.78, 5) is 0. The molecule has 0 unspecified atom stereocenters. The molecule has 0 N–H and O–H groups in total. The monoisotopic (exact) mass is 274 g/mol. The summed E-state index contributed by atoms with van der Waals surface area (Å²) in [6.07, 6.45) is 16.8. The van der Waals surface area contributed by atoms with Crippen LogP contribution in [0.2, 0.25) is 0 Å². The van der Waals surface area contributed by atoms with Crippen molar-refractivity contribution >= 4 is 6.08 Å². The Morgan fingerprint density at radius 2 is 1.45 bits per heavy atom. The van der Waals surface area contributed by atoms with Crippen molar-refractivity contribution in [1.82, 2.24) is 0 Å². The van der Waals surface area contributed by atoms with Crippen molar-refractivity contribution in [3.05, 3.63) is 35.9 Å². The van der Waals surface area contributed by atoms with Crippen LogP contribution in [0.5, 0.6) is 5.75 Å². The number of methoxy groups -OCH3 is 1. The molecule has 0 bridgehead atoms. The molecule has 0 aliphatic heterocycles. The first-order valence-electron chi connectivity index (χ1n) is 8.17. The molecule has 0 saturated heterocycles. The summed E-state index contributed by atoms with van der Waals surface area (Å²) in [7, 11) is 1.70. The number of benzene rings is 1. The van der Waals surface area contributed by atoms with Crippen LogP contribution >= 0.6 is 0 Å². The summed E-state index contributed by atoms with van der Waals surface area (Å²) >= 11 is 0. The van der Waals surface area contributed by atoms with Gasteiger partial charge < -0.3 is 4.74 Å². The minimum absolute atomic E-state index is 0.922. The lowest BCUT2D eigenvalue weighted by molar-refractivity contribution is 0.415. The summed E-state index contributed by atoms with van der Waals surface area (Å²) < 4.78 is 5.15. The van der Waals surface area contributed by atoms with E-state index in [1.807, 2.05) is 12.1 Å². The van der Waals surface area contributed by atoms with E-state index in [1.165, 1.54) is 63.4 Å². The molecule has 1 aromatic carbocycles. The molecule has 0 fully saturated rings. The van der Waals surface area contributed by atoms with Crippen LogP contribution in [0, 0.1) is 0 Å². The Morgan fingerprint density at radius 1 is 0.850 bits per heavy atom. The van der Waals surface area contributed by atoms with Gasteiger partial charge in [-0.1, -0.05) is 76.2 Å². The molecule has 0 saturated carbocycles. The SMILES string of the molecule is CCCCCCCCCC/C=C/c1ccc(OC)cc1. The Bertz CT molecular complexity index is 351. The van der Waals surface area contributed by atoms with E-state index >= 15 is 0 Å². The van der Waals surface area contributed by atoms with E-state index in [1.54, 1.807) is 7.11 Å². The van der Waals surface area contributed by atoms with Crippen LogP contribution in [0.1, 0.15) is 70.3 Å². The van der Waals surface area contributed by atoms with Gasteiger partial charge in [-0.3, -0.25) is 0 Å². The first kappa shape index (κ1) is 16.8. The van der Waals surface area contributed by atoms with Gasteiger partial charge in [-0.05, 0) is 30.5 Å². The van der Waals surface area contributed by atoms with Crippen LogP contribution < -0.4 is 4.74 Å². The molecule has 0 spiro atoms. The van der Waals surface area contributed by atoms with Gasteiger partial charge in [0.05, 0.1) is 7.11 Å². The fraction of sp³-hybridized carbons (Fsp3) is 0.579. The molecular formula is C19H30O. The van der Waals surface area contributed by atoms with Crippen molar-refractivity contribution in [2.24, 2.45) is 0 Å². The van der Waals surface area contributed by atoms with Gasteiger partial charge in [0, 0.05) is 0 Å². The van der Waals surface area contributed by atoms with Crippen LogP contribution in [-0.2, 0) is 0 Å². The number of ether oxygens (including phenoxy) is 1. The summed E-state index contributed by atoms with van der Waals surface area (Å²) in [6.45, 7) is 2.27. The zero-order valence-corrected chi connectivity index (χ0v) is 13.2. The minimum Gasteiger partial charge on any atom is -0.497 e. The standard InChI is InChI=1S/C19H30O/c1-3-4-5-6-7-8-9-10-11-12-13-18-14-16-19(20-2)17-15-18/h12-17H,3-11H2,1-2H3/b13-12+. The van der Waals surface area contributed by atoms with E-state index in [4.69, 9.17) is 4.74 Å². The van der Waals surface area contributed by atoms with E-state index in [0.29, 0.717) is 0 Å². The summed E-state index contributed by atoms with van der Waals surface area (Å²) in [5, 5.41) is 0. The van der Waals surface area contributed by atoms with Gasteiger partial charge in [-0.2, -0.15) is 0 Å². The van der Waals surface area contributed by atoms with Crippen molar-refractivity contribution in [3.63, 3.8) is 0 Å². The third-order valence-corrected chi connectivity index (χ3v) is 3.65. The normalized spacial score (nSPS) is 11.1. The molecule has 1 aromatic rings. The predicted molar refractivity (Wildman–Crippen MR) is 89.3 cm³/mol. The fourth-order valence-electron chi connectivity index (χ4n) is 2.33. The zero-order chi connectivity index (χ0) is 14.5. The molecular weight excluding hydrogens is 244 g/mol. The molecule has 0 atom stereocenters. The molecule has 0 amide bonds. The maximum atomic E-state index is 5.15. The Kier molecular flexibility index (Phi) is 9.73. The Morgan fingerprint density at radius 3 is 2.05 bits per heavy atom. The second kappa shape index (κ2) is 11.6. The first-order chi connectivity index (χ1) is 9.86. The van der Waals surface area contributed by atoms with E-state index in [2.05, 4.69) is 31.2 Å². The number of unbranched alkanes of at least 4 members (excludes halogenated alkanes) is 8. The number of allylic oxidation sites excluding steroid dienone is 1. The molecule has 1 nitrogen and oxygen atoms in total. The topological polar surface area (TPSA) is 9.23 Å². The van der Waals surface area contributed by atoms with Crippen molar-refractivity contribution in [3.8, 4) is 5.75 Å². The van der Waals surface area contributed by atoms with Gasteiger partial charge >= 0.3 is 0 Å². The summed E-state index contributed by atoms with van der Waals surface area (Å²) in [5.74, 6) is 0.922. The molecule has 0 heterocycles. The number of hydrogen-bond acceptors (Lipinski definition) is 1. The van der Waals surface area contributed by atoms with Gasteiger partial charge in [0.25, 0.3) is 0 Å². The van der Waals surface area contributed by atoms with Gasteiger partial charge in [0.2, 0.25) is 0 Å². The van der Waals surface area contributed by atoms with Crippen LogP contribution in [0.25, 0.3) is 6.08 Å². The molecule has 0 aliphatic rings. The smallest absolute Gasteiger partial charge is 0.118 e. The maximum Gasteiger partial charge on any atom is 0.118 e. The van der Waals surface area contributed by atoms with E-state index in [0.717, 1.165) is 5.75 Å². The Balaban J connectivity index is 2.01. The number of rotatable bonds is 11. The van der Waals surface area contributed by atoms with Crippen LogP contribution in [0.3, 0.4) is 0 Å². The van der Waals surface area contributed by atoms with Gasteiger partial charge in [0.1, 0.15) is 5.75 Å². The quantitative estimate of drug-likeness (QED) is 0.434. The third-order valence-electron chi connectivity index (χ3n) is 3.65. The van der Waals surface area contributed by atoms with Crippen molar-refractivity contribution < 1.29 is 4.74 Å². The van der Waals surface area contributed by atoms with E-state index in [-0.39, 0.29) is 0 Å². The highest BCUT2D eigenvalue weighted by molar-refractivity contribution is 5.50. The second-order valence-corrected chi connectivity index (χ2v) is 5.44. The molecule has 1 rings (SSSR count). The minimum atomic E-state index is 0.922. The summed E-state index contributed by atoms with van der Waals surface area (Å²) in [6, 6.07) is 8.22. The lowest BCUT2D eigenvalue weighted by Crippen LogP contribution is -1.81. The average Bonchev–Trinajstić information content (AvgIpc) is 2.50. The largest absolute Gasteiger partial charge is 0.497 e. The zero-order valence-electron chi connectivity index (χ0n) is 13.2. The highest BCUT2D eigenvalue weighted by Gasteiger charge is 1.91. The second-order valence-electron chi connectivity index (χ2n) is 5.44. The Labute approximate surface area is 125 Å². The highest BCUT2D eigenvalue weighted by atomic mass is 16.5. The summed E-state index contributed by atoms with van der Waals surface area (Å²) in [5.41, 5.74) is 1.25. The average molecular weight is 274 g/mol. The van der Waals surface area contributed by atoms with Crippen LogP contribution in [0.15, 0.2) is 30.3 Å². The lowest BCUT2D eigenvalue weighted by atomic mass is 10.1. The Hall–Kier alpha value is -1.24. The van der Waals surface area contributed by atoms with Crippen molar-refractivity contribution in [1.29, 1.82) is 0 Å².